The number of unbranched alkanes of at least 4 members (excludes halogenated alkanes) is 11. The van der Waals surface area contributed by atoms with Crippen LogP contribution in [0.5, 0.6) is 0 Å². The Hall–Kier alpha value is -1.54. The maximum absolute atomic E-state index is 12.1. The maximum Gasteiger partial charge on any atom is 0.306 e. The number of rotatable bonds is 33. The maximum atomic E-state index is 12.1. The highest BCUT2D eigenvalue weighted by Gasteiger charge is 2.20. The minimum atomic E-state index is -4.49. The van der Waals surface area contributed by atoms with Crippen molar-refractivity contribution in [2.45, 2.75) is 136 Å². The van der Waals surface area contributed by atoms with E-state index in [4.69, 9.17) is 18.5 Å². The lowest BCUT2D eigenvalue weighted by Crippen LogP contribution is -2.37. The molecule has 0 radical (unpaired) electrons. The lowest BCUT2D eigenvalue weighted by atomic mass is 10.1. The standard InChI is InChI=1S/C38H70NO7P/c1-6-8-9-10-11-12-13-14-15-16-17-18-19-20-21-22-23-24-25-26-27-28-29-30-33-43-35-37(46-38(40)31-7-2)36-45-47(41,42)44-34-32-39(3,4)5/h8-9,11-12,14-15,17-18,37H,6-7,10,13,16,19-36H2,1-5H3/b9-8-,12-11-,15-14-,18-17-. The second kappa shape index (κ2) is 31.7. The zero-order chi connectivity index (χ0) is 34.9. The minimum Gasteiger partial charge on any atom is -0.756 e. The number of hydrogen-bond acceptors (Lipinski definition) is 7. The van der Waals surface area contributed by atoms with E-state index in [1.807, 2.05) is 28.1 Å². The second-order valence-electron chi connectivity index (χ2n) is 13.2. The van der Waals surface area contributed by atoms with Gasteiger partial charge in [0.1, 0.15) is 19.3 Å². The molecule has 0 aliphatic heterocycles. The summed E-state index contributed by atoms with van der Waals surface area (Å²) in [4.78, 5) is 24.1. The first-order valence-corrected chi connectivity index (χ1v) is 19.8. The largest absolute Gasteiger partial charge is 0.756 e. The van der Waals surface area contributed by atoms with Gasteiger partial charge in [-0.1, -0.05) is 120 Å². The minimum absolute atomic E-state index is 0.0226. The summed E-state index contributed by atoms with van der Waals surface area (Å²) in [6.07, 6.45) is 37.1. The number of nitrogens with zero attached hydrogens (tertiary/aromatic N) is 1. The van der Waals surface area contributed by atoms with Crippen LogP contribution >= 0.6 is 7.82 Å². The van der Waals surface area contributed by atoms with Gasteiger partial charge in [0.15, 0.2) is 0 Å². The van der Waals surface area contributed by atoms with Gasteiger partial charge in [-0.15, -0.1) is 0 Å². The first-order chi connectivity index (χ1) is 22.6. The second-order valence-corrected chi connectivity index (χ2v) is 14.6. The van der Waals surface area contributed by atoms with Crippen LogP contribution in [0.2, 0.25) is 0 Å². The molecule has 0 N–H and O–H groups in total. The monoisotopic (exact) mass is 683 g/mol. The molecule has 0 bridgehead atoms. The third-order valence-corrected chi connectivity index (χ3v) is 8.33. The molecule has 0 aromatic carbocycles. The highest BCUT2D eigenvalue weighted by molar-refractivity contribution is 7.45. The van der Waals surface area contributed by atoms with E-state index in [-0.39, 0.29) is 26.2 Å². The molecular weight excluding hydrogens is 613 g/mol. The average Bonchev–Trinajstić information content (AvgIpc) is 3.00. The highest BCUT2D eigenvalue weighted by Crippen LogP contribution is 2.38. The van der Waals surface area contributed by atoms with E-state index in [0.717, 1.165) is 38.5 Å². The Bertz CT molecular complexity index is 895. The molecule has 0 saturated carbocycles. The normalized spacial score (nSPS) is 14.6. The number of likely N-dealkylation sites (N-methyl/N-ethyl adjacent to an activating group) is 1. The van der Waals surface area contributed by atoms with Crippen LogP contribution in [0.25, 0.3) is 0 Å². The fraction of sp³-hybridized carbons (Fsp3) is 0.763. The van der Waals surface area contributed by atoms with Crippen molar-refractivity contribution in [1.82, 2.24) is 0 Å². The predicted molar refractivity (Wildman–Crippen MR) is 194 cm³/mol. The van der Waals surface area contributed by atoms with Gasteiger partial charge in [0.05, 0.1) is 34.4 Å². The summed E-state index contributed by atoms with van der Waals surface area (Å²) in [6.45, 7) is 4.90. The molecule has 2 unspecified atom stereocenters. The summed E-state index contributed by atoms with van der Waals surface area (Å²) in [5.41, 5.74) is 0. The smallest absolute Gasteiger partial charge is 0.306 e. The van der Waals surface area contributed by atoms with E-state index >= 15 is 0 Å². The number of allylic oxidation sites excluding steroid dienone is 8. The van der Waals surface area contributed by atoms with Gasteiger partial charge in [-0.25, -0.2) is 0 Å². The molecule has 9 heteroatoms. The van der Waals surface area contributed by atoms with Gasteiger partial charge in [-0.3, -0.25) is 9.36 Å². The molecule has 0 rings (SSSR count). The molecule has 0 aliphatic carbocycles. The predicted octanol–water partition coefficient (Wildman–Crippen LogP) is 9.41. The summed E-state index contributed by atoms with van der Waals surface area (Å²) in [7, 11) is 1.34. The van der Waals surface area contributed by atoms with Crippen LogP contribution in [0.3, 0.4) is 0 Å². The summed E-state index contributed by atoms with van der Waals surface area (Å²) < 4.78 is 33.7. The first kappa shape index (κ1) is 45.5. The molecule has 0 spiro atoms. The van der Waals surface area contributed by atoms with Crippen LogP contribution in [-0.4, -0.2) is 70.7 Å². The van der Waals surface area contributed by atoms with Gasteiger partial charge in [-0.2, -0.15) is 0 Å². The Morgan fingerprint density at radius 2 is 1.19 bits per heavy atom. The SMILES string of the molecule is CC/C=C\C/C=C\C/C=C\C/C=C\CCCCCCCCCCCCCOCC(COP(=O)([O-])OCC[N+](C)(C)C)OC(=O)CCC. The molecule has 2 atom stereocenters. The highest BCUT2D eigenvalue weighted by atomic mass is 31.2. The third-order valence-electron chi connectivity index (χ3n) is 7.36. The van der Waals surface area contributed by atoms with Gasteiger partial charge in [-0.05, 0) is 51.4 Å². The van der Waals surface area contributed by atoms with Crippen LogP contribution in [0.15, 0.2) is 48.6 Å². The number of phosphoric acid groups is 1. The zero-order valence-electron chi connectivity index (χ0n) is 30.7. The average molecular weight is 684 g/mol. The van der Waals surface area contributed by atoms with Gasteiger partial charge < -0.3 is 27.9 Å². The van der Waals surface area contributed by atoms with E-state index in [1.165, 1.54) is 64.2 Å². The molecule has 0 aromatic rings. The number of esters is 1. The quantitative estimate of drug-likeness (QED) is 0.0224. The van der Waals surface area contributed by atoms with Gasteiger partial charge in [0.2, 0.25) is 0 Å². The lowest BCUT2D eigenvalue weighted by molar-refractivity contribution is -0.870. The van der Waals surface area contributed by atoms with Crippen molar-refractivity contribution in [3.63, 3.8) is 0 Å². The van der Waals surface area contributed by atoms with Crippen LogP contribution in [0.1, 0.15) is 129 Å². The fourth-order valence-corrected chi connectivity index (χ4v) is 5.30. The summed E-state index contributed by atoms with van der Waals surface area (Å²) in [5, 5.41) is 0. The molecule has 0 aromatic heterocycles. The number of carbonyl (C=O) groups is 1. The van der Waals surface area contributed by atoms with Gasteiger partial charge in [0, 0.05) is 13.0 Å². The van der Waals surface area contributed by atoms with Crippen molar-refractivity contribution in [3.05, 3.63) is 48.6 Å². The number of hydrogen-bond donors (Lipinski definition) is 0. The van der Waals surface area contributed by atoms with E-state index in [1.54, 1.807) is 0 Å². The molecule has 0 aliphatic rings. The molecule has 0 heterocycles. The molecular formula is C38H70NO7P. The van der Waals surface area contributed by atoms with Gasteiger partial charge in [0.25, 0.3) is 7.82 Å². The fourth-order valence-electron chi connectivity index (χ4n) is 4.57. The Kier molecular flexibility index (Phi) is 30.7. The molecule has 47 heavy (non-hydrogen) atoms. The van der Waals surface area contributed by atoms with Crippen molar-refractivity contribution >= 4 is 13.8 Å². The lowest BCUT2D eigenvalue weighted by Gasteiger charge is -2.28. The van der Waals surface area contributed by atoms with E-state index < -0.39 is 19.9 Å². The van der Waals surface area contributed by atoms with Crippen molar-refractivity contribution in [2.75, 3.05) is 54.1 Å². The molecule has 274 valence electrons. The Morgan fingerprint density at radius 3 is 1.72 bits per heavy atom. The Morgan fingerprint density at radius 1 is 0.681 bits per heavy atom. The zero-order valence-corrected chi connectivity index (χ0v) is 31.6. The number of carbonyl (C=O) groups excluding carboxylic acids is 1. The van der Waals surface area contributed by atoms with Crippen LogP contribution in [0.4, 0.5) is 0 Å². The summed E-state index contributed by atoms with van der Waals surface area (Å²) >= 11 is 0. The third kappa shape index (κ3) is 35.6. The molecule has 0 amide bonds. The number of ether oxygens (including phenoxy) is 2. The summed E-state index contributed by atoms with van der Waals surface area (Å²) in [6, 6.07) is 0. The van der Waals surface area contributed by atoms with Crippen LogP contribution in [0, 0.1) is 0 Å². The molecule has 8 nitrogen and oxygen atoms in total. The van der Waals surface area contributed by atoms with Crippen molar-refractivity contribution in [3.8, 4) is 0 Å². The number of phosphoric ester groups is 1. The molecule has 0 saturated heterocycles. The molecule has 0 fully saturated rings. The van der Waals surface area contributed by atoms with Crippen LogP contribution < -0.4 is 4.89 Å². The van der Waals surface area contributed by atoms with Gasteiger partial charge >= 0.3 is 5.97 Å². The van der Waals surface area contributed by atoms with Crippen molar-refractivity contribution in [2.24, 2.45) is 0 Å². The summed E-state index contributed by atoms with van der Waals surface area (Å²) in [5.74, 6) is -0.391. The Labute approximate surface area is 288 Å². The first-order valence-electron chi connectivity index (χ1n) is 18.4. The van der Waals surface area contributed by atoms with Crippen molar-refractivity contribution < 1.29 is 37.3 Å². The Balaban J connectivity index is 3.79. The topological polar surface area (TPSA) is 94.1 Å². The van der Waals surface area contributed by atoms with E-state index in [2.05, 4.69) is 55.5 Å². The van der Waals surface area contributed by atoms with Crippen molar-refractivity contribution in [1.29, 1.82) is 0 Å². The number of quaternary nitrogens is 1. The van der Waals surface area contributed by atoms with Crippen LogP contribution in [-0.2, 0) is 27.9 Å². The van der Waals surface area contributed by atoms with E-state index in [0.29, 0.717) is 24.1 Å². The van der Waals surface area contributed by atoms with E-state index in [9.17, 15) is 14.3 Å².